The standard InChI is InChI=1S/C6H8F3IO/c7-6(8,9)4-5(10)2-1-3-11/h4,11H,1-3H2. The van der Waals surface area contributed by atoms with E-state index in [9.17, 15) is 13.2 Å². The molecule has 0 aliphatic carbocycles. The summed E-state index contributed by atoms with van der Waals surface area (Å²) in [6, 6.07) is 0. The Labute approximate surface area is 76.4 Å². The predicted molar refractivity (Wildman–Crippen MR) is 44.5 cm³/mol. The Balaban J connectivity index is 3.81. The third-order valence-corrected chi connectivity index (χ3v) is 1.74. The first-order valence-corrected chi connectivity index (χ1v) is 4.08. The molecule has 1 N–H and O–H groups in total. The van der Waals surface area contributed by atoms with Crippen LogP contribution < -0.4 is 0 Å². The van der Waals surface area contributed by atoms with Gasteiger partial charge in [-0.2, -0.15) is 13.2 Å². The van der Waals surface area contributed by atoms with Crippen molar-refractivity contribution in [3.8, 4) is 0 Å². The molecule has 0 unspecified atom stereocenters. The summed E-state index contributed by atoms with van der Waals surface area (Å²) in [5.41, 5.74) is 0. The second-order valence-corrected chi connectivity index (χ2v) is 3.35. The largest absolute Gasteiger partial charge is 0.410 e. The number of hydrogen-bond acceptors (Lipinski definition) is 1. The molecule has 0 aromatic rings. The van der Waals surface area contributed by atoms with Gasteiger partial charge in [0.1, 0.15) is 0 Å². The molecule has 0 spiro atoms. The molecule has 0 radical (unpaired) electrons. The molecule has 0 bridgehead atoms. The van der Waals surface area contributed by atoms with E-state index in [-0.39, 0.29) is 22.7 Å². The van der Waals surface area contributed by atoms with Crippen LogP contribution in [0, 0.1) is 0 Å². The summed E-state index contributed by atoms with van der Waals surface area (Å²) in [5.74, 6) is 0. The van der Waals surface area contributed by atoms with Crippen LogP contribution in [0.5, 0.6) is 0 Å². The lowest BCUT2D eigenvalue weighted by molar-refractivity contribution is -0.0801. The average molecular weight is 280 g/mol. The zero-order valence-electron chi connectivity index (χ0n) is 5.66. The molecule has 0 rings (SSSR count). The first kappa shape index (κ1) is 11.2. The second kappa shape index (κ2) is 4.97. The molecule has 0 atom stereocenters. The van der Waals surface area contributed by atoms with E-state index in [4.69, 9.17) is 5.11 Å². The van der Waals surface area contributed by atoms with Crippen molar-refractivity contribution < 1.29 is 18.3 Å². The van der Waals surface area contributed by atoms with Crippen molar-refractivity contribution in [3.63, 3.8) is 0 Å². The summed E-state index contributed by atoms with van der Waals surface area (Å²) in [4.78, 5) is 0. The van der Waals surface area contributed by atoms with E-state index in [2.05, 4.69) is 0 Å². The summed E-state index contributed by atoms with van der Waals surface area (Å²) < 4.78 is 35.0. The number of rotatable bonds is 3. The van der Waals surface area contributed by atoms with Gasteiger partial charge in [-0.25, -0.2) is 0 Å². The summed E-state index contributed by atoms with van der Waals surface area (Å²) in [6.07, 6.45) is -3.31. The van der Waals surface area contributed by atoms with Gasteiger partial charge < -0.3 is 5.11 Å². The Hall–Kier alpha value is 0.220. The van der Waals surface area contributed by atoms with Gasteiger partial charge in [0.25, 0.3) is 0 Å². The topological polar surface area (TPSA) is 20.2 Å². The number of alkyl halides is 3. The Morgan fingerprint density at radius 2 is 2.00 bits per heavy atom. The zero-order chi connectivity index (χ0) is 8.91. The van der Waals surface area contributed by atoms with Gasteiger partial charge >= 0.3 is 6.18 Å². The number of aliphatic hydroxyl groups excluding tert-OH is 1. The molecule has 0 fully saturated rings. The van der Waals surface area contributed by atoms with Crippen molar-refractivity contribution in [1.82, 2.24) is 0 Å². The second-order valence-electron chi connectivity index (χ2n) is 1.96. The lowest BCUT2D eigenvalue weighted by Gasteiger charge is -2.00. The highest BCUT2D eigenvalue weighted by molar-refractivity contribution is 14.1. The van der Waals surface area contributed by atoms with Crippen LogP contribution in [0.2, 0.25) is 0 Å². The molecule has 0 saturated heterocycles. The van der Waals surface area contributed by atoms with E-state index in [1.165, 1.54) is 0 Å². The molecular weight excluding hydrogens is 272 g/mol. The average Bonchev–Trinajstić information content (AvgIpc) is 1.79. The van der Waals surface area contributed by atoms with Crippen molar-refractivity contribution in [2.45, 2.75) is 19.0 Å². The molecule has 66 valence electrons. The Kier molecular flexibility index (Phi) is 5.07. The highest BCUT2D eigenvalue weighted by Gasteiger charge is 2.23. The molecular formula is C6H8F3IO. The molecule has 1 nitrogen and oxygen atoms in total. The van der Waals surface area contributed by atoms with Gasteiger partial charge in [-0.3, -0.25) is 0 Å². The Morgan fingerprint density at radius 1 is 1.45 bits per heavy atom. The molecule has 0 amide bonds. The van der Waals surface area contributed by atoms with Crippen LogP contribution in [-0.2, 0) is 0 Å². The van der Waals surface area contributed by atoms with Crippen molar-refractivity contribution in [1.29, 1.82) is 0 Å². The van der Waals surface area contributed by atoms with E-state index >= 15 is 0 Å². The van der Waals surface area contributed by atoms with Crippen LogP contribution in [0.25, 0.3) is 0 Å². The maximum absolute atomic E-state index is 11.6. The van der Waals surface area contributed by atoms with Gasteiger partial charge in [-0.05, 0) is 39.0 Å². The number of hydrogen-bond donors (Lipinski definition) is 1. The molecule has 0 aliphatic heterocycles. The lowest BCUT2D eigenvalue weighted by atomic mass is 10.3. The minimum absolute atomic E-state index is 0.0712. The molecule has 5 heteroatoms. The van der Waals surface area contributed by atoms with E-state index in [0.29, 0.717) is 6.42 Å². The summed E-state index contributed by atoms with van der Waals surface area (Å²) in [7, 11) is 0. The molecule has 0 aromatic carbocycles. The van der Waals surface area contributed by atoms with Crippen molar-refractivity contribution >= 4 is 22.6 Å². The fraction of sp³-hybridized carbons (Fsp3) is 0.667. The van der Waals surface area contributed by atoms with Crippen molar-refractivity contribution in [2.75, 3.05) is 6.61 Å². The maximum atomic E-state index is 11.6. The van der Waals surface area contributed by atoms with Gasteiger partial charge in [0.05, 0.1) is 0 Å². The normalized spacial score (nSPS) is 13.7. The summed E-state index contributed by atoms with van der Waals surface area (Å²) in [5, 5.41) is 8.30. The highest BCUT2D eigenvalue weighted by Crippen LogP contribution is 2.23. The Morgan fingerprint density at radius 3 is 2.36 bits per heavy atom. The van der Waals surface area contributed by atoms with E-state index < -0.39 is 6.18 Å². The number of aliphatic hydroxyl groups is 1. The van der Waals surface area contributed by atoms with Gasteiger partial charge in [-0.15, -0.1) is 0 Å². The van der Waals surface area contributed by atoms with Crippen LogP contribution in [0.3, 0.4) is 0 Å². The van der Waals surface area contributed by atoms with Crippen LogP contribution in [-0.4, -0.2) is 17.9 Å². The molecule has 0 saturated carbocycles. The molecule has 0 heterocycles. The zero-order valence-corrected chi connectivity index (χ0v) is 7.82. The molecule has 11 heavy (non-hydrogen) atoms. The first-order valence-electron chi connectivity index (χ1n) is 3.00. The highest BCUT2D eigenvalue weighted by atomic mass is 127. The third-order valence-electron chi connectivity index (χ3n) is 0.894. The van der Waals surface area contributed by atoms with Crippen molar-refractivity contribution in [3.05, 3.63) is 9.66 Å². The van der Waals surface area contributed by atoms with Crippen LogP contribution in [0.4, 0.5) is 13.2 Å². The van der Waals surface area contributed by atoms with Gasteiger partial charge in [-0.1, -0.05) is 0 Å². The van der Waals surface area contributed by atoms with Gasteiger partial charge in [0.2, 0.25) is 0 Å². The fourth-order valence-electron chi connectivity index (χ4n) is 0.498. The maximum Gasteiger partial charge on any atom is 0.410 e. The van der Waals surface area contributed by atoms with E-state index in [1.807, 2.05) is 0 Å². The first-order chi connectivity index (χ1) is 4.95. The number of allylic oxidation sites excluding steroid dienone is 2. The smallest absolute Gasteiger partial charge is 0.396 e. The minimum Gasteiger partial charge on any atom is -0.396 e. The van der Waals surface area contributed by atoms with Crippen LogP contribution >= 0.6 is 22.6 Å². The summed E-state index contributed by atoms with van der Waals surface area (Å²) in [6.45, 7) is -0.0712. The third kappa shape index (κ3) is 8.12. The lowest BCUT2D eigenvalue weighted by Crippen LogP contribution is -2.01. The van der Waals surface area contributed by atoms with E-state index in [1.54, 1.807) is 22.6 Å². The van der Waals surface area contributed by atoms with Crippen LogP contribution in [0.15, 0.2) is 9.66 Å². The van der Waals surface area contributed by atoms with E-state index in [0.717, 1.165) is 0 Å². The predicted octanol–water partition coefficient (Wildman–Crippen LogP) is 2.64. The van der Waals surface area contributed by atoms with Gasteiger partial charge in [0.15, 0.2) is 0 Å². The van der Waals surface area contributed by atoms with Gasteiger partial charge in [0, 0.05) is 12.7 Å². The minimum atomic E-state index is -4.23. The van der Waals surface area contributed by atoms with Crippen LogP contribution in [0.1, 0.15) is 12.8 Å². The summed E-state index contributed by atoms with van der Waals surface area (Å²) >= 11 is 1.62. The number of halogens is 4. The van der Waals surface area contributed by atoms with Crippen molar-refractivity contribution in [2.24, 2.45) is 0 Å². The monoisotopic (exact) mass is 280 g/mol. The molecule has 0 aromatic heterocycles. The fourth-order valence-corrected chi connectivity index (χ4v) is 1.23. The quantitative estimate of drug-likeness (QED) is 0.788. The molecule has 0 aliphatic rings. The Bertz CT molecular complexity index is 141. The SMILES string of the molecule is OCCCC(I)=CC(F)(F)F.